The van der Waals surface area contributed by atoms with Crippen LogP contribution in [0.1, 0.15) is 0 Å². The average Bonchev–Trinajstić information content (AvgIpc) is 2.89. The molecule has 0 saturated carbocycles. The number of benzene rings is 5. The predicted octanol–water partition coefficient (Wildman–Crippen LogP) is 8.39. The van der Waals surface area contributed by atoms with E-state index in [1.54, 1.807) is 0 Å². The van der Waals surface area contributed by atoms with Crippen molar-refractivity contribution >= 4 is 9.73 Å². The van der Waals surface area contributed by atoms with E-state index in [1.165, 1.54) is 6.26 Å². The summed E-state index contributed by atoms with van der Waals surface area (Å²) in [6.07, 6.45) is 1.51. The summed E-state index contributed by atoms with van der Waals surface area (Å²) in [7, 11) is -2.98. The molecule has 0 bridgehead atoms. The molecule has 0 heterocycles. The second-order valence-electron chi connectivity index (χ2n) is 8.41. The molecule has 1 unspecified atom stereocenters. The lowest BCUT2D eigenvalue weighted by molar-refractivity contribution is 0.679. The molecule has 0 saturated heterocycles. The second-order valence-corrected chi connectivity index (χ2v) is 10.5. The lowest BCUT2D eigenvalue weighted by atomic mass is 9.96. The van der Waals surface area contributed by atoms with Gasteiger partial charge in [0.1, 0.15) is 0 Å². The third kappa shape index (κ3) is 4.43. The zero-order valence-corrected chi connectivity index (χ0v) is 19.8. The number of rotatable bonds is 5. The highest BCUT2D eigenvalue weighted by Gasteiger charge is 2.18. The highest BCUT2D eigenvalue weighted by atomic mass is 32.2. The Labute approximate surface area is 201 Å². The molecule has 5 aromatic carbocycles. The summed E-state index contributed by atoms with van der Waals surface area (Å²) < 4.78 is 21.8. The molecule has 5 aromatic rings. The molecule has 0 aliphatic heterocycles. The maximum Gasteiger partial charge on any atom is 0.0709 e. The number of nitrogens with one attached hydrogen (secondary N) is 1. The molecule has 5 rings (SSSR count). The lowest BCUT2D eigenvalue weighted by Crippen LogP contribution is -2.01. The van der Waals surface area contributed by atoms with Crippen molar-refractivity contribution in [1.29, 1.82) is 4.78 Å². The molecule has 0 aromatic heterocycles. The summed E-state index contributed by atoms with van der Waals surface area (Å²) in [4.78, 5) is 0.579. The first kappa shape index (κ1) is 21.9. The molecule has 2 nitrogen and oxygen atoms in total. The van der Waals surface area contributed by atoms with E-state index >= 15 is 0 Å². The predicted molar refractivity (Wildman–Crippen MR) is 143 cm³/mol. The molecule has 0 amide bonds. The van der Waals surface area contributed by atoms with Gasteiger partial charge in [-0.3, -0.25) is 0 Å². The molecule has 166 valence electrons. The average molecular weight is 460 g/mol. The molecule has 3 heteroatoms. The second kappa shape index (κ2) is 9.12. The third-order valence-corrected chi connectivity index (χ3v) is 7.23. The van der Waals surface area contributed by atoms with Gasteiger partial charge < -0.3 is 0 Å². The molecule has 0 fully saturated rings. The Balaban J connectivity index is 1.58. The van der Waals surface area contributed by atoms with Crippen LogP contribution < -0.4 is 0 Å². The fourth-order valence-electron chi connectivity index (χ4n) is 4.36. The Morgan fingerprint density at radius 3 is 1.12 bits per heavy atom. The van der Waals surface area contributed by atoms with Gasteiger partial charge in [-0.05, 0) is 44.5 Å². The zero-order chi connectivity index (χ0) is 23.5. The standard InChI is InChI=1S/C31H25NOS/c1-34(32,33)31-29(27-19-15-25(16-20-27)23-9-4-2-5-10-23)13-8-14-30(31)28-21-17-26(18-22-28)24-11-6-3-7-12-24/h2-22,32H,1H3. The van der Waals surface area contributed by atoms with Gasteiger partial charge in [0.2, 0.25) is 0 Å². The summed E-state index contributed by atoms with van der Waals surface area (Å²) in [5.74, 6) is 0. The van der Waals surface area contributed by atoms with Crippen LogP contribution in [0.5, 0.6) is 0 Å². The number of hydrogen-bond acceptors (Lipinski definition) is 2. The molecule has 34 heavy (non-hydrogen) atoms. The van der Waals surface area contributed by atoms with Crippen molar-refractivity contribution in [2.45, 2.75) is 4.90 Å². The molecule has 1 atom stereocenters. The Kier molecular flexibility index (Phi) is 5.87. The Morgan fingerprint density at radius 1 is 0.441 bits per heavy atom. The first-order valence-corrected chi connectivity index (χ1v) is 13.2. The Morgan fingerprint density at radius 2 is 0.765 bits per heavy atom. The van der Waals surface area contributed by atoms with Gasteiger partial charge >= 0.3 is 0 Å². The van der Waals surface area contributed by atoms with E-state index in [0.29, 0.717) is 4.90 Å². The van der Waals surface area contributed by atoms with Crippen molar-refractivity contribution in [2.75, 3.05) is 6.26 Å². The van der Waals surface area contributed by atoms with Crippen LogP contribution in [0.2, 0.25) is 0 Å². The normalized spacial score (nSPS) is 12.7. The summed E-state index contributed by atoms with van der Waals surface area (Å²) in [5.41, 5.74) is 8.16. The zero-order valence-electron chi connectivity index (χ0n) is 18.9. The minimum absolute atomic E-state index is 0.579. The Hall–Kier alpha value is -3.95. The maximum atomic E-state index is 13.2. The van der Waals surface area contributed by atoms with E-state index in [9.17, 15) is 4.21 Å². The molecule has 0 spiro atoms. The van der Waals surface area contributed by atoms with Crippen molar-refractivity contribution in [3.05, 3.63) is 127 Å². The van der Waals surface area contributed by atoms with Crippen LogP contribution in [-0.4, -0.2) is 10.5 Å². The van der Waals surface area contributed by atoms with Crippen molar-refractivity contribution in [2.24, 2.45) is 0 Å². The van der Waals surface area contributed by atoms with E-state index in [4.69, 9.17) is 4.78 Å². The fraction of sp³-hybridized carbons (Fsp3) is 0.0323. The van der Waals surface area contributed by atoms with Crippen LogP contribution >= 0.6 is 0 Å². The molecular weight excluding hydrogens is 434 g/mol. The van der Waals surface area contributed by atoms with E-state index in [2.05, 4.69) is 72.8 Å². The monoisotopic (exact) mass is 459 g/mol. The summed E-state index contributed by atoms with van der Waals surface area (Å²) in [6, 6.07) is 42.9. The molecule has 0 aliphatic carbocycles. The summed E-state index contributed by atoms with van der Waals surface area (Å²) in [5, 5.41) is 0. The highest BCUT2D eigenvalue weighted by molar-refractivity contribution is 7.92. The van der Waals surface area contributed by atoms with Crippen LogP contribution in [0.4, 0.5) is 0 Å². The van der Waals surface area contributed by atoms with E-state index in [-0.39, 0.29) is 0 Å². The number of hydrogen-bond donors (Lipinski definition) is 1. The van der Waals surface area contributed by atoms with Gasteiger partial charge in [0.05, 0.1) is 14.6 Å². The molecule has 1 N–H and O–H groups in total. The topological polar surface area (TPSA) is 40.9 Å². The lowest BCUT2D eigenvalue weighted by Gasteiger charge is -2.16. The van der Waals surface area contributed by atoms with Gasteiger partial charge in [-0.2, -0.15) is 0 Å². The SMILES string of the molecule is CS(=N)(=O)c1c(-c2ccc(-c3ccccc3)cc2)cccc1-c1ccc(-c2ccccc2)cc1. The van der Waals surface area contributed by atoms with Crippen LogP contribution in [0.25, 0.3) is 44.5 Å². The van der Waals surface area contributed by atoms with E-state index in [0.717, 1.165) is 44.5 Å². The minimum atomic E-state index is -2.98. The first-order valence-electron chi connectivity index (χ1n) is 11.2. The smallest absolute Gasteiger partial charge is 0.0709 e. The van der Waals surface area contributed by atoms with Crippen LogP contribution in [0.15, 0.2) is 132 Å². The van der Waals surface area contributed by atoms with Crippen LogP contribution in [0.3, 0.4) is 0 Å². The summed E-state index contributed by atoms with van der Waals surface area (Å²) >= 11 is 0. The minimum Gasteiger partial charge on any atom is -0.249 e. The van der Waals surface area contributed by atoms with Crippen molar-refractivity contribution in [3.8, 4) is 44.5 Å². The van der Waals surface area contributed by atoms with Crippen LogP contribution in [0, 0.1) is 4.78 Å². The van der Waals surface area contributed by atoms with Crippen molar-refractivity contribution in [3.63, 3.8) is 0 Å². The molecule has 0 radical (unpaired) electrons. The molecule has 0 aliphatic rings. The van der Waals surface area contributed by atoms with E-state index in [1.807, 2.05) is 54.6 Å². The third-order valence-electron chi connectivity index (χ3n) is 6.01. The maximum absolute atomic E-state index is 13.2. The quantitative estimate of drug-likeness (QED) is 0.282. The van der Waals surface area contributed by atoms with Gasteiger partial charge in [-0.15, -0.1) is 0 Å². The van der Waals surface area contributed by atoms with Crippen LogP contribution in [-0.2, 0) is 9.73 Å². The largest absolute Gasteiger partial charge is 0.249 e. The summed E-state index contributed by atoms with van der Waals surface area (Å²) in [6.45, 7) is 0. The van der Waals surface area contributed by atoms with Gasteiger partial charge in [0, 0.05) is 6.26 Å². The highest BCUT2D eigenvalue weighted by Crippen LogP contribution is 2.37. The van der Waals surface area contributed by atoms with Crippen molar-refractivity contribution < 1.29 is 4.21 Å². The van der Waals surface area contributed by atoms with Gasteiger partial charge in [0.15, 0.2) is 0 Å². The Bertz CT molecular complexity index is 1420. The van der Waals surface area contributed by atoms with E-state index < -0.39 is 9.73 Å². The molecular formula is C31H25NOS. The van der Waals surface area contributed by atoms with Gasteiger partial charge in [-0.25, -0.2) is 8.99 Å². The van der Waals surface area contributed by atoms with Gasteiger partial charge in [-0.1, -0.05) is 127 Å². The first-order chi connectivity index (χ1) is 16.5. The fourth-order valence-corrected chi connectivity index (χ4v) is 5.57. The van der Waals surface area contributed by atoms with Gasteiger partial charge in [0.25, 0.3) is 0 Å². The van der Waals surface area contributed by atoms with Crippen molar-refractivity contribution in [1.82, 2.24) is 0 Å².